The minimum atomic E-state index is -1.04. The Morgan fingerprint density at radius 1 is 1.12 bits per heavy atom. The van der Waals surface area contributed by atoms with Crippen LogP contribution in [0.4, 0.5) is 20.2 Å². The van der Waals surface area contributed by atoms with E-state index in [0.29, 0.717) is 11.4 Å². The number of halogens is 2. The molecule has 0 unspecified atom stereocenters. The van der Waals surface area contributed by atoms with E-state index in [-0.39, 0.29) is 24.6 Å². The van der Waals surface area contributed by atoms with E-state index >= 15 is 0 Å². The maximum absolute atomic E-state index is 13.2. The minimum absolute atomic E-state index is 0.0182. The quantitative estimate of drug-likeness (QED) is 0.853. The number of nitrogens with one attached hydrogen (secondary N) is 1. The van der Waals surface area contributed by atoms with Gasteiger partial charge in [0.2, 0.25) is 11.8 Å². The van der Waals surface area contributed by atoms with Crippen molar-refractivity contribution in [3.05, 3.63) is 53.6 Å². The van der Waals surface area contributed by atoms with Crippen molar-refractivity contribution in [3.63, 3.8) is 0 Å². The number of carbonyl (C=O) groups is 2. The molecule has 0 radical (unpaired) electrons. The molecule has 0 aliphatic heterocycles. The molecule has 2 amide bonds. The van der Waals surface area contributed by atoms with Gasteiger partial charge < -0.3 is 15.0 Å². The molecule has 2 aromatic carbocycles. The molecule has 1 N–H and O–H groups in total. The molecule has 0 fully saturated rings. The van der Waals surface area contributed by atoms with E-state index < -0.39 is 17.5 Å². The standard InChI is InChI=1S/C19H20F2N2O3/c1-12-4-7-18(26-3)17(10-12)23(13(2)24)9-8-19(25)22-14-5-6-15(20)16(21)11-14/h4-7,10-11H,8-9H2,1-3H3,(H,22,25). The summed E-state index contributed by atoms with van der Waals surface area (Å²) in [4.78, 5) is 25.6. The summed E-state index contributed by atoms with van der Waals surface area (Å²) in [6.07, 6.45) is -0.0182. The predicted octanol–water partition coefficient (Wildman–Crippen LogP) is 3.66. The van der Waals surface area contributed by atoms with Crippen LogP contribution in [0.2, 0.25) is 0 Å². The van der Waals surface area contributed by atoms with E-state index in [2.05, 4.69) is 5.32 Å². The summed E-state index contributed by atoms with van der Waals surface area (Å²) >= 11 is 0. The number of hydrogen-bond donors (Lipinski definition) is 1. The van der Waals surface area contributed by atoms with Crippen LogP contribution < -0.4 is 15.0 Å². The second-order valence-corrected chi connectivity index (χ2v) is 5.77. The first kappa shape index (κ1) is 19.4. The molecule has 26 heavy (non-hydrogen) atoms. The zero-order valence-corrected chi connectivity index (χ0v) is 14.8. The Morgan fingerprint density at radius 3 is 2.46 bits per heavy atom. The van der Waals surface area contributed by atoms with Crippen molar-refractivity contribution in [2.45, 2.75) is 20.3 Å². The lowest BCUT2D eigenvalue weighted by atomic mass is 10.1. The van der Waals surface area contributed by atoms with E-state index in [1.165, 1.54) is 25.0 Å². The van der Waals surface area contributed by atoms with Crippen LogP contribution in [0.15, 0.2) is 36.4 Å². The fourth-order valence-corrected chi connectivity index (χ4v) is 2.47. The van der Waals surface area contributed by atoms with Crippen LogP contribution in [0.3, 0.4) is 0 Å². The van der Waals surface area contributed by atoms with Gasteiger partial charge in [-0.2, -0.15) is 0 Å². The molecule has 0 saturated carbocycles. The topological polar surface area (TPSA) is 58.6 Å². The van der Waals surface area contributed by atoms with Crippen LogP contribution in [0, 0.1) is 18.6 Å². The Hall–Kier alpha value is -2.96. The lowest BCUT2D eigenvalue weighted by Gasteiger charge is -2.23. The van der Waals surface area contributed by atoms with Gasteiger partial charge in [0.1, 0.15) is 5.75 Å². The van der Waals surface area contributed by atoms with Crippen molar-refractivity contribution in [2.75, 3.05) is 23.9 Å². The highest BCUT2D eigenvalue weighted by molar-refractivity contribution is 5.95. The lowest BCUT2D eigenvalue weighted by Crippen LogP contribution is -2.32. The predicted molar refractivity (Wildman–Crippen MR) is 95.4 cm³/mol. The Bertz CT molecular complexity index is 824. The summed E-state index contributed by atoms with van der Waals surface area (Å²) in [5, 5.41) is 2.48. The highest BCUT2D eigenvalue weighted by Gasteiger charge is 2.18. The number of rotatable bonds is 6. The Labute approximate surface area is 150 Å². The summed E-state index contributed by atoms with van der Waals surface area (Å²) in [5.41, 5.74) is 1.66. The number of aryl methyl sites for hydroxylation is 1. The third kappa shape index (κ3) is 4.78. The van der Waals surface area contributed by atoms with E-state index in [0.717, 1.165) is 17.7 Å². The molecular weight excluding hydrogens is 342 g/mol. The molecule has 138 valence electrons. The fourth-order valence-electron chi connectivity index (χ4n) is 2.47. The van der Waals surface area contributed by atoms with Crippen molar-refractivity contribution >= 4 is 23.2 Å². The third-order valence-electron chi connectivity index (χ3n) is 3.77. The van der Waals surface area contributed by atoms with Crippen molar-refractivity contribution in [1.29, 1.82) is 0 Å². The largest absolute Gasteiger partial charge is 0.495 e. The Balaban J connectivity index is 2.09. The van der Waals surface area contributed by atoms with Crippen LogP contribution in [0.25, 0.3) is 0 Å². The molecule has 7 heteroatoms. The number of amides is 2. The maximum atomic E-state index is 13.2. The molecule has 0 aromatic heterocycles. The van der Waals surface area contributed by atoms with Gasteiger partial charge in [-0.15, -0.1) is 0 Å². The molecule has 0 bridgehead atoms. The number of anilines is 2. The molecular formula is C19H20F2N2O3. The van der Waals surface area contributed by atoms with Crippen LogP contribution in [-0.2, 0) is 9.59 Å². The average Bonchev–Trinajstić information content (AvgIpc) is 2.58. The smallest absolute Gasteiger partial charge is 0.226 e. The summed E-state index contributed by atoms with van der Waals surface area (Å²) in [7, 11) is 1.50. The van der Waals surface area contributed by atoms with Crippen molar-refractivity contribution in [1.82, 2.24) is 0 Å². The molecule has 0 aliphatic rings. The number of ether oxygens (including phenoxy) is 1. The van der Waals surface area contributed by atoms with Gasteiger partial charge in [0.15, 0.2) is 11.6 Å². The summed E-state index contributed by atoms with van der Waals surface area (Å²) in [6, 6.07) is 8.51. The first-order chi connectivity index (χ1) is 12.3. The second-order valence-electron chi connectivity index (χ2n) is 5.77. The summed E-state index contributed by atoms with van der Waals surface area (Å²) < 4.78 is 31.4. The lowest BCUT2D eigenvalue weighted by molar-refractivity contribution is -0.117. The SMILES string of the molecule is COc1ccc(C)cc1N(CCC(=O)Nc1ccc(F)c(F)c1)C(C)=O. The highest BCUT2D eigenvalue weighted by atomic mass is 19.2. The van der Waals surface area contributed by atoms with Crippen LogP contribution in [0.5, 0.6) is 5.75 Å². The van der Waals surface area contributed by atoms with Crippen LogP contribution >= 0.6 is 0 Å². The van der Waals surface area contributed by atoms with Gasteiger partial charge >= 0.3 is 0 Å². The maximum Gasteiger partial charge on any atom is 0.226 e. The van der Waals surface area contributed by atoms with Crippen molar-refractivity contribution < 1.29 is 23.1 Å². The first-order valence-corrected chi connectivity index (χ1v) is 7.99. The highest BCUT2D eigenvalue weighted by Crippen LogP contribution is 2.29. The van der Waals surface area contributed by atoms with E-state index in [1.807, 2.05) is 13.0 Å². The zero-order chi connectivity index (χ0) is 19.3. The summed E-state index contributed by atoms with van der Waals surface area (Å²) in [6.45, 7) is 3.40. The number of benzene rings is 2. The van der Waals surface area contributed by atoms with Crippen molar-refractivity contribution in [2.24, 2.45) is 0 Å². The monoisotopic (exact) mass is 362 g/mol. The molecule has 0 spiro atoms. The first-order valence-electron chi connectivity index (χ1n) is 7.99. The molecule has 0 atom stereocenters. The number of hydrogen-bond acceptors (Lipinski definition) is 3. The van der Waals surface area contributed by atoms with Gasteiger partial charge in [-0.05, 0) is 36.8 Å². The van der Waals surface area contributed by atoms with Crippen LogP contribution in [0.1, 0.15) is 18.9 Å². The minimum Gasteiger partial charge on any atom is -0.495 e. The van der Waals surface area contributed by atoms with Gasteiger partial charge in [0.25, 0.3) is 0 Å². The number of carbonyl (C=O) groups excluding carboxylic acids is 2. The fraction of sp³-hybridized carbons (Fsp3) is 0.263. The van der Waals surface area contributed by atoms with E-state index in [1.54, 1.807) is 12.1 Å². The second kappa shape index (κ2) is 8.42. The van der Waals surface area contributed by atoms with Gasteiger partial charge in [-0.3, -0.25) is 9.59 Å². The molecule has 2 aromatic rings. The van der Waals surface area contributed by atoms with E-state index in [4.69, 9.17) is 4.74 Å². The molecule has 0 aliphatic carbocycles. The average molecular weight is 362 g/mol. The molecule has 5 nitrogen and oxygen atoms in total. The van der Waals surface area contributed by atoms with E-state index in [9.17, 15) is 18.4 Å². The normalized spacial score (nSPS) is 10.3. The molecule has 2 rings (SSSR count). The van der Waals surface area contributed by atoms with Crippen LogP contribution in [-0.4, -0.2) is 25.5 Å². The summed E-state index contributed by atoms with van der Waals surface area (Å²) in [5.74, 6) is -2.18. The Kier molecular flexibility index (Phi) is 6.27. The zero-order valence-electron chi connectivity index (χ0n) is 14.8. The van der Waals surface area contributed by atoms with Gasteiger partial charge in [0.05, 0.1) is 12.8 Å². The number of nitrogens with zero attached hydrogens (tertiary/aromatic N) is 1. The molecule has 0 heterocycles. The third-order valence-corrected chi connectivity index (χ3v) is 3.77. The van der Waals surface area contributed by atoms with Gasteiger partial charge in [-0.25, -0.2) is 8.78 Å². The molecule has 0 saturated heterocycles. The van der Waals surface area contributed by atoms with Crippen molar-refractivity contribution in [3.8, 4) is 5.75 Å². The number of methoxy groups -OCH3 is 1. The van der Waals surface area contributed by atoms with Gasteiger partial charge in [0, 0.05) is 31.6 Å². The van der Waals surface area contributed by atoms with Gasteiger partial charge in [-0.1, -0.05) is 6.07 Å². The Morgan fingerprint density at radius 2 is 1.85 bits per heavy atom.